The maximum atomic E-state index is 13.5. The maximum Gasteiger partial charge on any atom is 0.251 e. The first-order valence-electron chi connectivity index (χ1n) is 8.65. The van der Waals surface area contributed by atoms with Crippen LogP contribution in [-0.4, -0.2) is 19.1 Å². The summed E-state index contributed by atoms with van der Waals surface area (Å²) in [6, 6.07) is 22.8. The van der Waals surface area contributed by atoms with Crippen molar-refractivity contribution in [1.82, 2.24) is 5.32 Å². The van der Waals surface area contributed by atoms with Crippen molar-refractivity contribution in [1.29, 1.82) is 0 Å². The molecule has 0 saturated heterocycles. The molecule has 4 nitrogen and oxygen atoms in total. The lowest BCUT2D eigenvalue weighted by atomic mass is 10.2. The van der Waals surface area contributed by atoms with E-state index in [-0.39, 0.29) is 24.9 Å². The minimum atomic E-state index is -0.408. The quantitative estimate of drug-likeness (QED) is 0.608. The van der Waals surface area contributed by atoms with E-state index in [1.54, 1.807) is 42.5 Å². The van der Waals surface area contributed by atoms with Gasteiger partial charge in [0.2, 0.25) is 0 Å². The third-order valence-corrected chi connectivity index (χ3v) is 3.84. The molecule has 3 aromatic rings. The largest absolute Gasteiger partial charge is 0.490 e. The highest BCUT2D eigenvalue weighted by atomic mass is 19.1. The van der Waals surface area contributed by atoms with E-state index < -0.39 is 5.82 Å². The molecular formula is C22H20FNO3. The number of halogens is 1. The van der Waals surface area contributed by atoms with Crippen LogP contribution in [0.2, 0.25) is 0 Å². The van der Waals surface area contributed by atoms with Crippen LogP contribution in [-0.2, 0) is 6.54 Å². The third-order valence-electron chi connectivity index (χ3n) is 3.84. The Morgan fingerprint density at radius 3 is 2.41 bits per heavy atom. The Labute approximate surface area is 157 Å². The Bertz CT molecular complexity index is 883. The van der Waals surface area contributed by atoms with Crippen molar-refractivity contribution in [3.8, 4) is 11.5 Å². The van der Waals surface area contributed by atoms with Gasteiger partial charge in [0.1, 0.15) is 19.0 Å². The van der Waals surface area contributed by atoms with E-state index in [0.717, 1.165) is 5.56 Å². The number of carbonyl (C=O) groups is 1. The van der Waals surface area contributed by atoms with Crippen LogP contribution in [0.25, 0.3) is 0 Å². The Hall–Kier alpha value is -3.34. The summed E-state index contributed by atoms with van der Waals surface area (Å²) in [7, 11) is 0. The van der Waals surface area contributed by atoms with Crippen molar-refractivity contribution in [2.24, 2.45) is 0 Å². The number of ether oxygens (including phenoxy) is 2. The molecule has 0 radical (unpaired) electrons. The lowest BCUT2D eigenvalue weighted by Crippen LogP contribution is -2.22. The van der Waals surface area contributed by atoms with E-state index in [9.17, 15) is 9.18 Å². The molecule has 138 valence electrons. The van der Waals surface area contributed by atoms with Crippen molar-refractivity contribution in [3.05, 3.63) is 95.8 Å². The molecule has 1 N–H and O–H groups in total. The van der Waals surface area contributed by atoms with Crippen LogP contribution in [0.15, 0.2) is 78.9 Å². The smallest absolute Gasteiger partial charge is 0.251 e. The lowest BCUT2D eigenvalue weighted by Gasteiger charge is -2.10. The van der Waals surface area contributed by atoms with Crippen molar-refractivity contribution in [3.63, 3.8) is 0 Å². The summed E-state index contributed by atoms with van der Waals surface area (Å²) in [6.07, 6.45) is 0. The average Bonchev–Trinajstić information content (AvgIpc) is 2.71. The van der Waals surface area contributed by atoms with Crippen LogP contribution in [0.4, 0.5) is 4.39 Å². The molecule has 0 aliphatic heterocycles. The van der Waals surface area contributed by atoms with Crippen LogP contribution in [0.5, 0.6) is 11.5 Å². The summed E-state index contributed by atoms with van der Waals surface area (Å²) in [5.74, 6) is 0.163. The SMILES string of the molecule is O=C(NCc1ccccc1)c1cccc(OCCOc2ccccc2F)c1. The second-order valence-corrected chi connectivity index (χ2v) is 5.82. The van der Waals surface area contributed by atoms with Crippen LogP contribution >= 0.6 is 0 Å². The summed E-state index contributed by atoms with van der Waals surface area (Å²) in [6.45, 7) is 0.899. The van der Waals surface area contributed by atoms with Gasteiger partial charge >= 0.3 is 0 Å². The molecule has 0 aromatic heterocycles. The van der Waals surface area contributed by atoms with E-state index >= 15 is 0 Å². The van der Waals surface area contributed by atoms with Crippen LogP contribution in [0.1, 0.15) is 15.9 Å². The van der Waals surface area contributed by atoms with Gasteiger partial charge in [0.15, 0.2) is 11.6 Å². The molecule has 0 aliphatic rings. The highest BCUT2D eigenvalue weighted by Gasteiger charge is 2.07. The van der Waals surface area contributed by atoms with E-state index in [1.807, 2.05) is 30.3 Å². The third kappa shape index (κ3) is 5.57. The van der Waals surface area contributed by atoms with Crippen molar-refractivity contribution in [2.75, 3.05) is 13.2 Å². The molecule has 0 atom stereocenters. The van der Waals surface area contributed by atoms with Gasteiger partial charge in [-0.15, -0.1) is 0 Å². The Morgan fingerprint density at radius 1 is 0.852 bits per heavy atom. The summed E-state index contributed by atoms with van der Waals surface area (Å²) in [5, 5.41) is 2.88. The summed E-state index contributed by atoms with van der Waals surface area (Å²) in [5.41, 5.74) is 1.54. The minimum absolute atomic E-state index is 0.174. The maximum absolute atomic E-state index is 13.5. The fraction of sp³-hybridized carbons (Fsp3) is 0.136. The van der Waals surface area contributed by atoms with Gasteiger partial charge in [-0.2, -0.15) is 0 Å². The number of hydrogen-bond donors (Lipinski definition) is 1. The van der Waals surface area contributed by atoms with Gasteiger partial charge in [-0.25, -0.2) is 4.39 Å². The van der Waals surface area contributed by atoms with Crippen molar-refractivity contribution < 1.29 is 18.7 Å². The summed E-state index contributed by atoms with van der Waals surface area (Å²) in [4.78, 5) is 12.3. The standard InChI is InChI=1S/C22H20FNO3/c23-20-11-4-5-12-21(20)27-14-13-26-19-10-6-9-18(15-19)22(25)24-16-17-7-2-1-3-8-17/h1-12,15H,13-14,16H2,(H,24,25). The summed E-state index contributed by atoms with van der Waals surface area (Å²) < 4.78 is 24.4. The van der Waals surface area contributed by atoms with Gasteiger partial charge in [0, 0.05) is 12.1 Å². The lowest BCUT2D eigenvalue weighted by molar-refractivity contribution is 0.0950. The topological polar surface area (TPSA) is 47.6 Å². The molecule has 0 unspecified atom stereocenters. The minimum Gasteiger partial charge on any atom is -0.490 e. The molecule has 3 aromatic carbocycles. The first kappa shape index (κ1) is 18.5. The molecule has 0 bridgehead atoms. The number of benzene rings is 3. The van der Waals surface area contributed by atoms with Gasteiger partial charge in [-0.1, -0.05) is 48.5 Å². The van der Waals surface area contributed by atoms with Crippen molar-refractivity contribution >= 4 is 5.91 Å². The Morgan fingerprint density at radius 2 is 1.59 bits per heavy atom. The van der Waals surface area contributed by atoms with Crippen LogP contribution < -0.4 is 14.8 Å². The van der Waals surface area contributed by atoms with Crippen molar-refractivity contribution in [2.45, 2.75) is 6.54 Å². The zero-order chi connectivity index (χ0) is 18.9. The molecule has 0 saturated carbocycles. The van der Waals surface area contributed by atoms with E-state index in [0.29, 0.717) is 17.9 Å². The molecule has 5 heteroatoms. The van der Waals surface area contributed by atoms with Gasteiger partial charge in [0.25, 0.3) is 5.91 Å². The zero-order valence-electron chi connectivity index (χ0n) is 14.7. The number of rotatable bonds is 8. The number of hydrogen-bond acceptors (Lipinski definition) is 3. The molecular weight excluding hydrogens is 345 g/mol. The molecule has 1 amide bonds. The highest BCUT2D eigenvalue weighted by Crippen LogP contribution is 2.16. The molecule has 0 heterocycles. The van der Waals surface area contributed by atoms with E-state index in [2.05, 4.69) is 5.32 Å². The predicted molar refractivity (Wildman–Crippen MR) is 101 cm³/mol. The van der Waals surface area contributed by atoms with Crippen LogP contribution in [0, 0.1) is 5.82 Å². The Kier molecular flexibility index (Phi) is 6.41. The first-order valence-corrected chi connectivity index (χ1v) is 8.65. The fourth-order valence-electron chi connectivity index (χ4n) is 2.48. The van der Waals surface area contributed by atoms with Gasteiger partial charge < -0.3 is 14.8 Å². The normalized spacial score (nSPS) is 10.3. The Balaban J connectivity index is 1.48. The predicted octanol–water partition coefficient (Wildman–Crippen LogP) is 4.21. The molecule has 0 spiro atoms. The summed E-state index contributed by atoms with van der Waals surface area (Å²) >= 11 is 0. The number of para-hydroxylation sites is 1. The molecule has 3 rings (SSSR count). The number of carbonyl (C=O) groups excluding carboxylic acids is 1. The average molecular weight is 365 g/mol. The van der Waals surface area contributed by atoms with Gasteiger partial charge in [-0.3, -0.25) is 4.79 Å². The van der Waals surface area contributed by atoms with E-state index in [1.165, 1.54) is 6.07 Å². The fourth-order valence-corrected chi connectivity index (χ4v) is 2.48. The number of nitrogens with one attached hydrogen (secondary N) is 1. The van der Waals surface area contributed by atoms with E-state index in [4.69, 9.17) is 9.47 Å². The number of amides is 1. The molecule has 0 aliphatic carbocycles. The molecule has 27 heavy (non-hydrogen) atoms. The second kappa shape index (κ2) is 9.38. The van der Waals surface area contributed by atoms with Gasteiger partial charge in [-0.05, 0) is 35.9 Å². The van der Waals surface area contributed by atoms with Crippen LogP contribution in [0.3, 0.4) is 0 Å². The zero-order valence-corrected chi connectivity index (χ0v) is 14.7. The first-order chi connectivity index (χ1) is 13.2. The monoisotopic (exact) mass is 365 g/mol. The second-order valence-electron chi connectivity index (χ2n) is 5.82. The molecule has 0 fully saturated rings. The van der Waals surface area contributed by atoms with Gasteiger partial charge in [0.05, 0.1) is 0 Å². The highest BCUT2D eigenvalue weighted by molar-refractivity contribution is 5.94.